The van der Waals surface area contributed by atoms with E-state index in [0.29, 0.717) is 0 Å². The fraction of sp³-hybridized carbons (Fsp3) is 0.600. The molecule has 0 unspecified atom stereocenters. The third-order valence-corrected chi connectivity index (χ3v) is 3.67. The van der Waals surface area contributed by atoms with Crippen LogP contribution >= 0.6 is 11.8 Å². The van der Waals surface area contributed by atoms with Crippen LogP contribution in [0.3, 0.4) is 0 Å². The molecule has 0 aromatic carbocycles. The first kappa shape index (κ1) is 9.00. The lowest BCUT2D eigenvalue weighted by atomic mass is 10.2. The molecule has 3 heteroatoms. The molecule has 0 bridgehead atoms. The predicted octanol–water partition coefficient (Wildman–Crippen LogP) is 2.90. The zero-order chi connectivity index (χ0) is 9.10. The van der Waals surface area contributed by atoms with Crippen molar-refractivity contribution in [2.75, 3.05) is 17.6 Å². The van der Waals surface area contributed by atoms with Crippen molar-refractivity contribution in [3.63, 3.8) is 0 Å². The van der Waals surface area contributed by atoms with Gasteiger partial charge in [-0.2, -0.15) is 11.8 Å². The fourth-order valence-corrected chi connectivity index (χ4v) is 2.75. The number of aryl methyl sites for hydroxylation is 1. The normalized spacial score (nSPS) is 22.1. The van der Waals surface area contributed by atoms with Crippen molar-refractivity contribution in [1.29, 1.82) is 0 Å². The molecule has 1 aliphatic rings. The van der Waals surface area contributed by atoms with E-state index in [-0.39, 0.29) is 0 Å². The number of furan rings is 1. The minimum Gasteiger partial charge on any atom is -0.446 e. The van der Waals surface area contributed by atoms with Gasteiger partial charge in [0.1, 0.15) is 5.76 Å². The second kappa shape index (κ2) is 4.09. The van der Waals surface area contributed by atoms with Gasteiger partial charge in [-0.25, -0.2) is 0 Å². The molecule has 2 nitrogen and oxygen atoms in total. The average molecular weight is 197 g/mol. The molecular formula is C10H15NOS. The summed E-state index contributed by atoms with van der Waals surface area (Å²) in [4.78, 5) is 0. The van der Waals surface area contributed by atoms with Crippen molar-refractivity contribution in [3.8, 4) is 0 Å². The zero-order valence-corrected chi connectivity index (χ0v) is 8.69. The minimum atomic E-state index is 0.783. The highest BCUT2D eigenvalue weighted by Gasteiger charge is 2.15. The zero-order valence-electron chi connectivity index (χ0n) is 7.88. The summed E-state index contributed by atoms with van der Waals surface area (Å²) in [7, 11) is 0. The molecule has 1 fully saturated rings. The Morgan fingerprint density at radius 2 is 2.54 bits per heavy atom. The van der Waals surface area contributed by atoms with Crippen molar-refractivity contribution in [1.82, 2.24) is 0 Å². The lowest BCUT2D eigenvalue weighted by Gasteiger charge is -2.08. The van der Waals surface area contributed by atoms with Crippen molar-refractivity contribution in [3.05, 3.63) is 17.9 Å². The van der Waals surface area contributed by atoms with Crippen molar-refractivity contribution in [2.45, 2.75) is 25.0 Å². The number of anilines is 1. The van der Waals surface area contributed by atoms with Gasteiger partial charge in [-0.05, 0) is 31.6 Å². The maximum atomic E-state index is 5.42. The Kier molecular flexibility index (Phi) is 2.83. The summed E-state index contributed by atoms with van der Waals surface area (Å²) in [6.45, 7) is 3.01. The molecule has 0 radical (unpaired) electrons. The maximum absolute atomic E-state index is 5.42. The van der Waals surface area contributed by atoms with Gasteiger partial charge in [0.25, 0.3) is 0 Å². The molecule has 72 valence electrons. The molecule has 0 aliphatic carbocycles. The summed E-state index contributed by atoms with van der Waals surface area (Å²) in [5.41, 5.74) is 0. The van der Waals surface area contributed by atoms with Gasteiger partial charge in [0, 0.05) is 17.9 Å². The van der Waals surface area contributed by atoms with Crippen LogP contribution in [0.5, 0.6) is 0 Å². The van der Waals surface area contributed by atoms with Crippen LogP contribution < -0.4 is 5.32 Å². The van der Waals surface area contributed by atoms with Gasteiger partial charge in [-0.3, -0.25) is 0 Å². The summed E-state index contributed by atoms with van der Waals surface area (Å²) >= 11 is 2.06. The number of rotatable bonds is 3. The lowest BCUT2D eigenvalue weighted by molar-refractivity contribution is 0.545. The number of hydrogen-bond donors (Lipinski definition) is 1. The van der Waals surface area contributed by atoms with E-state index in [0.717, 1.165) is 23.4 Å². The van der Waals surface area contributed by atoms with Crippen molar-refractivity contribution in [2.24, 2.45) is 0 Å². The first-order chi connectivity index (χ1) is 6.34. The Morgan fingerprint density at radius 1 is 1.62 bits per heavy atom. The number of thioether (sulfide) groups is 1. The molecule has 0 spiro atoms. The SMILES string of the molecule is Cc1ccc(NC[C@H]2CCCS2)o1. The van der Waals surface area contributed by atoms with Gasteiger partial charge in [0.15, 0.2) is 5.88 Å². The van der Waals surface area contributed by atoms with E-state index in [2.05, 4.69) is 17.1 Å². The van der Waals surface area contributed by atoms with Crippen LogP contribution in [-0.4, -0.2) is 17.5 Å². The summed E-state index contributed by atoms with van der Waals surface area (Å²) in [6, 6.07) is 3.99. The van der Waals surface area contributed by atoms with Crippen LogP contribution in [0.2, 0.25) is 0 Å². The lowest BCUT2D eigenvalue weighted by Crippen LogP contribution is -2.12. The first-order valence-corrected chi connectivity index (χ1v) is 5.81. The van der Waals surface area contributed by atoms with E-state index >= 15 is 0 Å². The summed E-state index contributed by atoms with van der Waals surface area (Å²) in [6.07, 6.45) is 2.71. The highest BCUT2D eigenvalue weighted by atomic mass is 32.2. The van der Waals surface area contributed by atoms with Crippen LogP contribution in [0.25, 0.3) is 0 Å². The minimum absolute atomic E-state index is 0.783. The summed E-state index contributed by atoms with van der Waals surface area (Å²) in [5, 5.41) is 4.10. The van der Waals surface area contributed by atoms with Crippen LogP contribution in [0.4, 0.5) is 5.88 Å². The van der Waals surface area contributed by atoms with Crippen LogP contribution in [0.15, 0.2) is 16.5 Å². The first-order valence-electron chi connectivity index (χ1n) is 4.76. The van der Waals surface area contributed by atoms with E-state index in [4.69, 9.17) is 4.42 Å². The van der Waals surface area contributed by atoms with E-state index in [1.165, 1.54) is 18.6 Å². The second-order valence-corrected chi connectivity index (χ2v) is 4.83. The maximum Gasteiger partial charge on any atom is 0.193 e. The van der Waals surface area contributed by atoms with Crippen molar-refractivity contribution >= 4 is 17.6 Å². The molecular weight excluding hydrogens is 182 g/mol. The third kappa shape index (κ3) is 2.44. The smallest absolute Gasteiger partial charge is 0.193 e. The predicted molar refractivity (Wildman–Crippen MR) is 57.4 cm³/mol. The van der Waals surface area contributed by atoms with E-state index in [1.54, 1.807) is 0 Å². The van der Waals surface area contributed by atoms with Gasteiger partial charge >= 0.3 is 0 Å². The van der Waals surface area contributed by atoms with Crippen LogP contribution in [-0.2, 0) is 0 Å². The standard InChI is InChI=1S/C10H15NOS/c1-8-4-5-10(12-8)11-7-9-3-2-6-13-9/h4-5,9,11H,2-3,6-7H2,1H3/t9-/m1/s1. The molecule has 0 saturated carbocycles. The third-order valence-electron chi connectivity index (χ3n) is 2.27. The van der Waals surface area contributed by atoms with E-state index in [9.17, 15) is 0 Å². The summed E-state index contributed by atoms with van der Waals surface area (Å²) in [5.74, 6) is 3.20. The molecule has 1 atom stereocenters. The Bertz CT molecular complexity index is 266. The molecule has 1 saturated heterocycles. The average Bonchev–Trinajstić information content (AvgIpc) is 2.71. The van der Waals surface area contributed by atoms with Crippen molar-refractivity contribution < 1.29 is 4.42 Å². The number of hydrogen-bond acceptors (Lipinski definition) is 3. The van der Waals surface area contributed by atoms with Gasteiger partial charge in [0.05, 0.1) is 0 Å². The molecule has 1 aromatic rings. The molecule has 1 aliphatic heterocycles. The highest BCUT2D eigenvalue weighted by Crippen LogP contribution is 2.26. The Morgan fingerprint density at radius 3 is 3.15 bits per heavy atom. The van der Waals surface area contributed by atoms with Gasteiger partial charge in [-0.15, -0.1) is 0 Å². The topological polar surface area (TPSA) is 25.2 Å². The molecule has 2 heterocycles. The quantitative estimate of drug-likeness (QED) is 0.806. The Hall–Kier alpha value is -0.570. The second-order valence-electron chi connectivity index (χ2n) is 3.43. The Balaban J connectivity index is 1.78. The van der Waals surface area contributed by atoms with Gasteiger partial charge < -0.3 is 9.73 Å². The van der Waals surface area contributed by atoms with Gasteiger partial charge in [0.2, 0.25) is 0 Å². The molecule has 2 rings (SSSR count). The van der Waals surface area contributed by atoms with E-state index in [1.807, 2.05) is 19.1 Å². The Labute approximate surface area is 83.1 Å². The fourth-order valence-electron chi connectivity index (χ4n) is 1.55. The summed E-state index contributed by atoms with van der Waals surface area (Å²) < 4.78 is 5.42. The van der Waals surface area contributed by atoms with Gasteiger partial charge in [-0.1, -0.05) is 0 Å². The highest BCUT2D eigenvalue weighted by molar-refractivity contribution is 8.00. The molecule has 0 amide bonds. The molecule has 13 heavy (non-hydrogen) atoms. The van der Waals surface area contributed by atoms with Crippen LogP contribution in [0, 0.1) is 6.92 Å². The molecule has 1 N–H and O–H groups in total. The van der Waals surface area contributed by atoms with E-state index < -0.39 is 0 Å². The van der Waals surface area contributed by atoms with Crippen LogP contribution in [0.1, 0.15) is 18.6 Å². The largest absolute Gasteiger partial charge is 0.446 e. The molecule has 1 aromatic heterocycles. The number of nitrogens with one attached hydrogen (secondary N) is 1. The monoisotopic (exact) mass is 197 g/mol.